The van der Waals surface area contributed by atoms with E-state index in [4.69, 9.17) is 19.6 Å². The van der Waals surface area contributed by atoms with E-state index < -0.39 is 108 Å². The number of likely N-dealkylation sites (tertiary alicyclic amines) is 1. The largest absolute Gasteiger partial charge is 0.458 e. The number of imide groups is 1. The summed E-state index contributed by atoms with van der Waals surface area (Å²) >= 11 is 0. The quantitative estimate of drug-likeness (QED) is 0.0143. The first-order valence-electron chi connectivity index (χ1n) is 29.2. The molecule has 6 rings (SSSR count). The number of ether oxygens (including phenoxy) is 2. The molecule has 3 aliphatic heterocycles. The standard InChI is InChI=1S/C60H83FN6O17/c1-8-37-39-27-67-44(24-41-40(58(67)80)29-84-59(81)60(41,82)9-2)52(39)64-43-25-42(61)34(7)38(50(37)43)16-12-14-20-83-30-63-55(77)32(5)21-45(70)51(31(3)4)65-56(78)35(17-18-48(73)62-26-46(71)53(75)54(76)47(72)28-68)23-36(69)15-11-10-13-19-66-49(74)22-33(6)57(66)79/h24-25,31-33,35,46-47,51,53-54,68,71-72,75-76,82H,8-23,26-30H2,1-7H3,(H,62,73)(H,63,77)(H,65,78)/t32-,33?,35-,46+,47-,51+,53-,54-,60+/m1/s1. The first-order valence-corrected chi connectivity index (χ1v) is 29.2. The minimum atomic E-state index is -1.99. The third kappa shape index (κ3) is 15.3. The molecule has 0 saturated carbocycles. The van der Waals surface area contributed by atoms with Crippen LogP contribution < -0.4 is 21.5 Å². The van der Waals surface area contributed by atoms with Gasteiger partial charge in [0, 0.05) is 92.1 Å². The molecule has 3 aliphatic rings. The molecule has 1 aromatic carbocycles. The van der Waals surface area contributed by atoms with Gasteiger partial charge in [-0.3, -0.25) is 43.3 Å². The normalized spacial score (nSPS) is 19.0. The molecule has 24 heteroatoms. The lowest BCUT2D eigenvalue weighted by Gasteiger charge is -2.31. The Balaban J connectivity index is 1.00. The van der Waals surface area contributed by atoms with E-state index in [-0.39, 0.29) is 113 Å². The first kappa shape index (κ1) is 66.7. The fourth-order valence-corrected chi connectivity index (χ4v) is 11.3. The third-order valence-corrected chi connectivity index (χ3v) is 16.6. The summed E-state index contributed by atoms with van der Waals surface area (Å²) < 4.78 is 28.2. The smallest absolute Gasteiger partial charge is 0.343 e. The fourth-order valence-electron chi connectivity index (χ4n) is 11.3. The third-order valence-electron chi connectivity index (χ3n) is 16.6. The van der Waals surface area contributed by atoms with Gasteiger partial charge in [-0.1, -0.05) is 48.0 Å². The number of nitrogens with zero attached hydrogens (tertiary/aromatic N) is 3. The van der Waals surface area contributed by atoms with Crippen molar-refractivity contribution in [2.24, 2.45) is 23.7 Å². The molecule has 9 N–H and O–H groups in total. The predicted octanol–water partition coefficient (Wildman–Crippen LogP) is 2.10. The Hall–Kier alpha value is -6.41. The van der Waals surface area contributed by atoms with Gasteiger partial charge in [-0.25, -0.2) is 14.2 Å². The lowest BCUT2D eigenvalue weighted by molar-refractivity contribution is -0.172. The second kappa shape index (κ2) is 29.6. The number of aromatic nitrogens is 2. The molecule has 9 atom stereocenters. The van der Waals surface area contributed by atoms with Crippen molar-refractivity contribution < 1.29 is 82.9 Å². The summed E-state index contributed by atoms with van der Waals surface area (Å²) in [6.45, 7) is 10.7. The summed E-state index contributed by atoms with van der Waals surface area (Å²) in [6.07, 6.45) is -4.75. The van der Waals surface area contributed by atoms with Gasteiger partial charge in [0.15, 0.2) is 11.4 Å². The van der Waals surface area contributed by atoms with Crippen molar-refractivity contribution in [2.75, 3.05) is 33.0 Å². The molecule has 23 nitrogen and oxygen atoms in total. The Morgan fingerprint density at radius 2 is 1.61 bits per heavy atom. The van der Waals surface area contributed by atoms with E-state index in [0.29, 0.717) is 67.4 Å². The molecule has 5 amide bonds. The van der Waals surface area contributed by atoms with E-state index in [9.17, 15) is 68.7 Å². The molecular formula is C60H83FN6O17. The zero-order valence-corrected chi connectivity index (χ0v) is 49.1. The molecule has 0 bridgehead atoms. The second-order valence-electron chi connectivity index (χ2n) is 23.0. The summed E-state index contributed by atoms with van der Waals surface area (Å²) in [5.74, 6) is -7.19. The fraction of sp³-hybridized carbons (Fsp3) is 0.633. The van der Waals surface area contributed by atoms with E-state index in [1.54, 1.807) is 52.2 Å². The molecule has 1 unspecified atom stereocenters. The van der Waals surface area contributed by atoms with E-state index >= 15 is 4.39 Å². The van der Waals surface area contributed by atoms with E-state index in [0.717, 1.165) is 22.1 Å². The van der Waals surface area contributed by atoms with Crippen molar-refractivity contribution in [2.45, 2.75) is 188 Å². The number of cyclic esters (lactones) is 1. The van der Waals surface area contributed by atoms with Crippen LogP contribution in [0.3, 0.4) is 0 Å². The number of hydrogen-bond donors (Lipinski definition) is 9. The van der Waals surface area contributed by atoms with Crippen molar-refractivity contribution in [3.63, 3.8) is 0 Å². The average molecular weight is 1180 g/mol. The molecule has 84 heavy (non-hydrogen) atoms. The molecule has 3 aromatic rings. The Morgan fingerprint density at radius 1 is 0.893 bits per heavy atom. The highest BCUT2D eigenvalue weighted by Crippen LogP contribution is 2.42. The topological polar surface area (TPSA) is 351 Å². The number of carbonyl (C=O) groups excluding carboxylic acids is 8. The van der Waals surface area contributed by atoms with Crippen molar-refractivity contribution in [3.8, 4) is 11.4 Å². The number of halogens is 1. The van der Waals surface area contributed by atoms with Gasteiger partial charge in [0.2, 0.25) is 29.5 Å². The van der Waals surface area contributed by atoms with Crippen LogP contribution >= 0.6 is 0 Å². The Kier molecular flexibility index (Phi) is 23.5. The number of Topliss-reactive ketones (excluding diaryl/α,β-unsaturated/α-hetero) is 2. The number of unbranched alkanes of at least 4 members (excludes halogenated alkanes) is 3. The van der Waals surface area contributed by atoms with Gasteiger partial charge in [-0.15, -0.1) is 0 Å². The lowest BCUT2D eigenvalue weighted by atomic mass is 9.86. The molecule has 5 heterocycles. The number of pyridine rings is 2. The van der Waals surface area contributed by atoms with Gasteiger partial charge in [-0.2, -0.15) is 0 Å². The summed E-state index contributed by atoms with van der Waals surface area (Å²) in [7, 11) is 0. The van der Waals surface area contributed by atoms with Crippen LogP contribution in [0.5, 0.6) is 0 Å². The SMILES string of the molecule is CCc1c2c(nc3cc(F)c(C)c(CCCCOCNC(=O)[C@H](C)CC(=O)[C@@H](NC(=O)[C@H](CCC(=O)NC[C@H](O)[C@@H](O)[C@H](O)[C@H](O)CO)CC(=O)CCCCCN4C(=O)CC(C)C4=O)C(C)C)c13)-c1cc3c(c(=O)n1C2)COC(=O)[C@]3(O)CC. The number of benzene rings is 1. The lowest BCUT2D eigenvalue weighted by Crippen LogP contribution is -2.49. The Morgan fingerprint density at radius 3 is 2.26 bits per heavy atom. The number of aliphatic hydroxyl groups is 6. The predicted molar refractivity (Wildman–Crippen MR) is 301 cm³/mol. The van der Waals surface area contributed by atoms with Crippen molar-refractivity contribution in [1.29, 1.82) is 0 Å². The Labute approximate surface area is 487 Å². The van der Waals surface area contributed by atoms with Crippen LogP contribution in [0.4, 0.5) is 4.39 Å². The van der Waals surface area contributed by atoms with Gasteiger partial charge in [-0.05, 0) is 87.0 Å². The summed E-state index contributed by atoms with van der Waals surface area (Å²) in [5.41, 5.74) is 2.29. The Bertz CT molecular complexity index is 3020. The molecule has 0 radical (unpaired) electrons. The molecule has 462 valence electrons. The number of carbonyl (C=O) groups is 8. The number of fused-ring (bicyclic) bond motifs is 5. The van der Waals surface area contributed by atoms with Gasteiger partial charge >= 0.3 is 5.97 Å². The number of hydrogen-bond acceptors (Lipinski definition) is 18. The van der Waals surface area contributed by atoms with Crippen molar-refractivity contribution in [1.82, 2.24) is 30.4 Å². The van der Waals surface area contributed by atoms with E-state index in [1.807, 2.05) is 6.92 Å². The number of aryl methyl sites for hydroxylation is 2. The first-order chi connectivity index (χ1) is 39.8. The maximum Gasteiger partial charge on any atom is 0.343 e. The molecule has 2 aromatic heterocycles. The highest BCUT2D eigenvalue weighted by Gasteiger charge is 2.46. The molecule has 1 saturated heterocycles. The number of amides is 5. The van der Waals surface area contributed by atoms with Crippen LogP contribution in [0.15, 0.2) is 16.9 Å². The van der Waals surface area contributed by atoms with Crippen LogP contribution in [0.1, 0.15) is 152 Å². The van der Waals surface area contributed by atoms with E-state index in [1.165, 1.54) is 11.0 Å². The summed E-state index contributed by atoms with van der Waals surface area (Å²) in [6, 6.07) is 1.93. The van der Waals surface area contributed by atoms with Gasteiger partial charge in [0.25, 0.3) is 5.56 Å². The summed E-state index contributed by atoms with van der Waals surface area (Å²) in [5, 5.41) is 68.9. The number of nitrogens with one attached hydrogen (secondary N) is 3. The number of aliphatic hydroxyl groups excluding tert-OH is 5. The highest BCUT2D eigenvalue weighted by molar-refractivity contribution is 6.03. The van der Waals surface area contributed by atoms with E-state index in [2.05, 4.69) is 16.0 Å². The van der Waals surface area contributed by atoms with Gasteiger partial charge < -0.3 is 60.6 Å². The summed E-state index contributed by atoms with van der Waals surface area (Å²) in [4.78, 5) is 124. The maximum atomic E-state index is 15.7. The van der Waals surface area contributed by atoms with Gasteiger partial charge in [0.1, 0.15) is 43.3 Å². The van der Waals surface area contributed by atoms with Crippen LogP contribution in [-0.4, -0.2) is 156 Å². The highest BCUT2D eigenvalue weighted by atomic mass is 19.1. The number of rotatable bonds is 33. The molecular weight excluding hydrogens is 1100 g/mol. The zero-order chi connectivity index (χ0) is 61.9. The van der Waals surface area contributed by atoms with Crippen LogP contribution in [0.25, 0.3) is 22.3 Å². The van der Waals surface area contributed by atoms with Gasteiger partial charge in [0.05, 0.1) is 47.8 Å². The minimum absolute atomic E-state index is 0.00545. The monoisotopic (exact) mass is 1180 g/mol. The number of esters is 1. The van der Waals surface area contributed by atoms with Crippen LogP contribution in [0.2, 0.25) is 0 Å². The molecule has 1 fully saturated rings. The number of ketones is 2. The second-order valence-corrected chi connectivity index (χ2v) is 23.0. The average Bonchev–Trinajstić information content (AvgIpc) is 1.54. The van der Waals surface area contributed by atoms with Crippen LogP contribution in [0, 0.1) is 36.4 Å². The van der Waals surface area contributed by atoms with Crippen molar-refractivity contribution in [3.05, 3.63) is 61.7 Å². The van der Waals surface area contributed by atoms with Crippen molar-refractivity contribution >= 4 is 58.0 Å². The molecule has 0 spiro atoms. The molecule has 0 aliphatic carbocycles. The maximum absolute atomic E-state index is 15.7. The minimum Gasteiger partial charge on any atom is -0.458 e. The van der Waals surface area contributed by atoms with Crippen LogP contribution in [-0.2, 0) is 79.4 Å². The zero-order valence-electron chi connectivity index (χ0n) is 49.1.